The van der Waals surface area contributed by atoms with E-state index in [2.05, 4.69) is 20.9 Å². The summed E-state index contributed by atoms with van der Waals surface area (Å²) in [6, 6.07) is 9.06. The Balaban J connectivity index is 1.43. The standard InChI is InChI=1S/C26H30FN5O2S/c1-18-14-19(2-3-21(18)27)22(28)4-5-29-25-16-24(32-8-12-34-13-9-32)26-23(30-25)15-20(35-26)17-31-6-10-33-11-7-31/h2-5,14-16H,6-13,17,28H2,1H3/b22-4-,29-5?. The van der Waals surface area contributed by atoms with Gasteiger partial charge in [0.1, 0.15) is 5.82 Å². The van der Waals surface area contributed by atoms with Crippen molar-refractivity contribution in [3.63, 3.8) is 0 Å². The number of aromatic nitrogens is 1. The smallest absolute Gasteiger partial charge is 0.154 e. The lowest BCUT2D eigenvalue weighted by atomic mass is 10.1. The van der Waals surface area contributed by atoms with Gasteiger partial charge in [0.15, 0.2) is 5.82 Å². The number of allylic oxidation sites excluding steroid dienone is 1. The van der Waals surface area contributed by atoms with Crippen molar-refractivity contribution in [2.75, 3.05) is 57.5 Å². The first-order valence-electron chi connectivity index (χ1n) is 11.9. The lowest BCUT2D eigenvalue weighted by Gasteiger charge is -2.29. The molecule has 0 unspecified atom stereocenters. The van der Waals surface area contributed by atoms with Crippen LogP contribution < -0.4 is 10.6 Å². The second-order valence-electron chi connectivity index (χ2n) is 8.78. The molecule has 2 fully saturated rings. The molecule has 0 radical (unpaired) electrons. The lowest BCUT2D eigenvalue weighted by Crippen LogP contribution is -2.36. The molecule has 0 bridgehead atoms. The molecule has 0 aliphatic carbocycles. The summed E-state index contributed by atoms with van der Waals surface area (Å²) in [7, 11) is 0. The van der Waals surface area contributed by atoms with Gasteiger partial charge in [-0.15, -0.1) is 11.3 Å². The zero-order valence-corrected chi connectivity index (χ0v) is 20.7. The fourth-order valence-corrected chi connectivity index (χ4v) is 5.50. The third-order valence-corrected chi connectivity index (χ3v) is 7.42. The van der Waals surface area contributed by atoms with E-state index in [-0.39, 0.29) is 5.82 Å². The van der Waals surface area contributed by atoms with Crippen molar-refractivity contribution in [2.24, 2.45) is 10.7 Å². The SMILES string of the molecule is Cc1cc(/C(N)=C/C=Nc2cc(N3CCOCC3)c3sc(CN4CCOCC4)cc3n2)ccc1F. The van der Waals surface area contributed by atoms with Gasteiger partial charge in [-0.25, -0.2) is 14.4 Å². The highest BCUT2D eigenvalue weighted by molar-refractivity contribution is 7.19. The first-order chi connectivity index (χ1) is 17.1. The molecule has 2 saturated heterocycles. The van der Waals surface area contributed by atoms with Crippen LogP contribution in [0.3, 0.4) is 0 Å². The summed E-state index contributed by atoms with van der Waals surface area (Å²) in [6.45, 7) is 9.22. The number of pyridine rings is 1. The van der Waals surface area contributed by atoms with Gasteiger partial charge in [0.2, 0.25) is 0 Å². The van der Waals surface area contributed by atoms with Crippen LogP contribution in [0.1, 0.15) is 16.0 Å². The van der Waals surface area contributed by atoms with E-state index >= 15 is 0 Å². The highest BCUT2D eigenvalue weighted by Crippen LogP contribution is 2.37. The Kier molecular flexibility index (Phi) is 7.38. The number of ether oxygens (including phenoxy) is 2. The minimum Gasteiger partial charge on any atom is -0.398 e. The highest BCUT2D eigenvalue weighted by Gasteiger charge is 2.19. The molecule has 2 N–H and O–H groups in total. The number of rotatable bonds is 6. The molecule has 2 aromatic heterocycles. The Morgan fingerprint density at radius 2 is 1.86 bits per heavy atom. The van der Waals surface area contributed by atoms with E-state index in [1.807, 2.05) is 6.07 Å². The number of anilines is 1. The van der Waals surface area contributed by atoms with E-state index in [4.69, 9.17) is 20.2 Å². The fourth-order valence-electron chi connectivity index (χ4n) is 4.32. The van der Waals surface area contributed by atoms with Gasteiger partial charge in [-0.1, -0.05) is 0 Å². The molecule has 0 amide bonds. The van der Waals surface area contributed by atoms with Crippen LogP contribution in [0.25, 0.3) is 15.9 Å². The molecule has 2 aliphatic rings. The van der Waals surface area contributed by atoms with Crippen LogP contribution in [0.4, 0.5) is 15.9 Å². The minimum absolute atomic E-state index is 0.243. The summed E-state index contributed by atoms with van der Waals surface area (Å²) >= 11 is 1.81. The quantitative estimate of drug-likeness (QED) is 0.519. The number of nitrogens with zero attached hydrogens (tertiary/aromatic N) is 4. The summed E-state index contributed by atoms with van der Waals surface area (Å²) in [5.74, 6) is 0.390. The number of hydrogen-bond acceptors (Lipinski definition) is 8. The molecule has 0 spiro atoms. The topological polar surface area (TPSA) is 76.2 Å². The van der Waals surface area contributed by atoms with Gasteiger partial charge in [-0.2, -0.15) is 0 Å². The van der Waals surface area contributed by atoms with Crippen molar-refractivity contribution in [3.8, 4) is 0 Å². The maximum Gasteiger partial charge on any atom is 0.154 e. The maximum absolute atomic E-state index is 13.6. The molecule has 4 heterocycles. The molecule has 0 atom stereocenters. The lowest BCUT2D eigenvalue weighted by molar-refractivity contribution is 0.0346. The van der Waals surface area contributed by atoms with Crippen LogP contribution in [0.2, 0.25) is 0 Å². The number of hydrogen-bond donors (Lipinski definition) is 1. The summed E-state index contributed by atoms with van der Waals surface area (Å²) in [5.41, 5.74) is 10.2. The third kappa shape index (κ3) is 5.70. The number of thiophene rings is 1. The van der Waals surface area contributed by atoms with Crippen molar-refractivity contribution < 1.29 is 13.9 Å². The Morgan fingerprint density at radius 1 is 1.11 bits per heavy atom. The average molecular weight is 496 g/mol. The van der Waals surface area contributed by atoms with Gasteiger partial charge in [0.25, 0.3) is 0 Å². The first-order valence-corrected chi connectivity index (χ1v) is 12.7. The Labute approximate surface area is 208 Å². The van der Waals surface area contributed by atoms with Gasteiger partial charge >= 0.3 is 0 Å². The Hall–Kier alpha value is -2.85. The number of aliphatic imine (C=N–C) groups is 1. The molecule has 3 aromatic rings. The number of benzene rings is 1. The van der Waals surface area contributed by atoms with E-state index in [1.165, 1.54) is 15.6 Å². The third-order valence-electron chi connectivity index (χ3n) is 6.28. The molecule has 7 nitrogen and oxygen atoms in total. The first kappa shape index (κ1) is 23.9. The van der Waals surface area contributed by atoms with Crippen LogP contribution in [0, 0.1) is 12.7 Å². The van der Waals surface area contributed by atoms with Crippen molar-refractivity contribution in [1.82, 2.24) is 9.88 Å². The van der Waals surface area contributed by atoms with Crippen LogP contribution >= 0.6 is 11.3 Å². The van der Waals surface area contributed by atoms with Gasteiger partial charge in [0, 0.05) is 55.6 Å². The van der Waals surface area contributed by atoms with Crippen molar-refractivity contribution in [1.29, 1.82) is 0 Å². The van der Waals surface area contributed by atoms with Crippen LogP contribution in [-0.4, -0.2) is 68.7 Å². The van der Waals surface area contributed by atoms with E-state index in [1.54, 1.807) is 42.7 Å². The molecule has 0 saturated carbocycles. The number of morpholine rings is 2. The predicted octanol–water partition coefficient (Wildman–Crippen LogP) is 4.11. The summed E-state index contributed by atoms with van der Waals surface area (Å²) in [6.07, 6.45) is 3.39. The second kappa shape index (κ2) is 10.8. The van der Waals surface area contributed by atoms with Gasteiger partial charge < -0.3 is 20.1 Å². The molecule has 2 aliphatic heterocycles. The van der Waals surface area contributed by atoms with Crippen LogP contribution in [0.5, 0.6) is 0 Å². The van der Waals surface area contributed by atoms with Gasteiger partial charge in [-0.3, -0.25) is 4.90 Å². The largest absolute Gasteiger partial charge is 0.398 e. The van der Waals surface area contributed by atoms with Crippen LogP contribution in [0.15, 0.2) is 41.4 Å². The second-order valence-corrected chi connectivity index (χ2v) is 9.92. The van der Waals surface area contributed by atoms with Crippen LogP contribution in [-0.2, 0) is 16.0 Å². The zero-order valence-electron chi connectivity index (χ0n) is 19.9. The fraction of sp³-hybridized carbons (Fsp3) is 0.385. The molecule has 5 rings (SSSR count). The maximum atomic E-state index is 13.6. The number of nitrogens with two attached hydrogens (primary N) is 1. The van der Waals surface area contributed by atoms with E-state index in [9.17, 15) is 4.39 Å². The Morgan fingerprint density at radius 3 is 2.60 bits per heavy atom. The van der Waals surface area contributed by atoms with Gasteiger partial charge in [-0.05, 0) is 48.4 Å². The molecule has 9 heteroatoms. The average Bonchev–Trinajstić information content (AvgIpc) is 3.28. The summed E-state index contributed by atoms with van der Waals surface area (Å²) < 4.78 is 25.8. The molecule has 184 valence electrons. The number of halogens is 1. The Bertz CT molecular complexity index is 1250. The summed E-state index contributed by atoms with van der Waals surface area (Å²) in [5, 5.41) is 0. The van der Waals surface area contributed by atoms with E-state index in [0.717, 1.165) is 62.7 Å². The molecular formula is C26H30FN5O2S. The minimum atomic E-state index is -0.243. The predicted molar refractivity (Wildman–Crippen MR) is 140 cm³/mol. The molecule has 1 aromatic carbocycles. The van der Waals surface area contributed by atoms with Crippen molar-refractivity contribution in [2.45, 2.75) is 13.5 Å². The molecule has 35 heavy (non-hydrogen) atoms. The highest BCUT2D eigenvalue weighted by atomic mass is 32.1. The number of fused-ring (bicyclic) bond motifs is 1. The van der Waals surface area contributed by atoms with E-state index in [0.29, 0.717) is 30.3 Å². The molecular weight excluding hydrogens is 465 g/mol. The number of aryl methyl sites for hydroxylation is 1. The van der Waals surface area contributed by atoms with Crippen molar-refractivity contribution in [3.05, 3.63) is 58.2 Å². The zero-order chi connectivity index (χ0) is 24.2. The van der Waals surface area contributed by atoms with Gasteiger partial charge in [0.05, 0.1) is 42.3 Å². The van der Waals surface area contributed by atoms with E-state index < -0.39 is 0 Å². The van der Waals surface area contributed by atoms with Crippen molar-refractivity contribution >= 4 is 45.0 Å². The summed E-state index contributed by atoms with van der Waals surface area (Å²) in [4.78, 5) is 15.5. The normalized spacial score (nSPS) is 18.1. The monoisotopic (exact) mass is 495 g/mol.